The summed E-state index contributed by atoms with van der Waals surface area (Å²) in [4.78, 5) is 0. The zero-order valence-electron chi connectivity index (χ0n) is 13.1. The molecule has 1 N–H and O–H groups in total. The molecule has 114 valence electrons. The van der Waals surface area contributed by atoms with Gasteiger partial charge in [0.15, 0.2) is 0 Å². The lowest BCUT2D eigenvalue weighted by molar-refractivity contribution is -0.112. The van der Waals surface area contributed by atoms with Crippen LogP contribution < -0.4 is 0 Å². The molecule has 0 aliphatic heterocycles. The van der Waals surface area contributed by atoms with Crippen LogP contribution in [0.2, 0.25) is 0 Å². The average molecular weight is 276 g/mol. The molecule has 0 amide bonds. The maximum Gasteiger partial charge on any atom is 0.0601 e. The van der Waals surface area contributed by atoms with Gasteiger partial charge in [-0.2, -0.15) is 0 Å². The van der Waals surface area contributed by atoms with Gasteiger partial charge in [0.2, 0.25) is 0 Å². The lowest BCUT2D eigenvalue weighted by Crippen LogP contribution is -2.51. The molecule has 0 heterocycles. The van der Waals surface area contributed by atoms with E-state index in [4.69, 9.17) is 0 Å². The second kappa shape index (κ2) is 5.30. The van der Waals surface area contributed by atoms with E-state index in [2.05, 4.69) is 6.92 Å². The fourth-order valence-corrected chi connectivity index (χ4v) is 6.85. The van der Waals surface area contributed by atoms with Crippen LogP contribution in [0.3, 0.4) is 0 Å². The van der Waals surface area contributed by atoms with Crippen molar-refractivity contribution in [1.82, 2.24) is 0 Å². The molecule has 1 nitrogen and oxygen atoms in total. The Balaban J connectivity index is 1.46. The Morgan fingerprint density at radius 3 is 2.15 bits per heavy atom. The molecule has 5 aliphatic rings. The van der Waals surface area contributed by atoms with Gasteiger partial charge in [0.25, 0.3) is 0 Å². The van der Waals surface area contributed by atoms with Crippen molar-refractivity contribution in [2.75, 3.05) is 0 Å². The third-order valence-corrected chi connectivity index (χ3v) is 7.58. The van der Waals surface area contributed by atoms with Crippen molar-refractivity contribution in [2.45, 2.75) is 77.2 Å². The molecule has 0 spiro atoms. The van der Waals surface area contributed by atoms with Gasteiger partial charge in [0.1, 0.15) is 0 Å². The zero-order valence-corrected chi connectivity index (χ0v) is 13.1. The maximum atomic E-state index is 11.1. The minimum atomic E-state index is 0.0411. The van der Waals surface area contributed by atoms with Gasteiger partial charge >= 0.3 is 0 Å². The SMILES string of the molecule is CCC1CCCC(C(O)C2C3CC4CC(C3)CC2C4)C1. The van der Waals surface area contributed by atoms with Crippen molar-refractivity contribution in [3.63, 3.8) is 0 Å². The first-order valence-electron chi connectivity index (χ1n) is 9.42. The number of rotatable bonds is 3. The Hall–Kier alpha value is -0.0400. The van der Waals surface area contributed by atoms with Gasteiger partial charge in [-0.05, 0) is 86.4 Å². The molecule has 1 heteroatoms. The van der Waals surface area contributed by atoms with E-state index in [1.165, 1.54) is 64.2 Å². The van der Waals surface area contributed by atoms with Crippen LogP contribution in [0.25, 0.3) is 0 Å². The van der Waals surface area contributed by atoms with Gasteiger partial charge in [0.05, 0.1) is 6.10 Å². The molecule has 5 fully saturated rings. The molecule has 0 saturated heterocycles. The molecule has 20 heavy (non-hydrogen) atoms. The van der Waals surface area contributed by atoms with E-state index < -0.39 is 0 Å². The van der Waals surface area contributed by atoms with E-state index in [0.717, 1.165) is 29.6 Å². The van der Waals surface area contributed by atoms with Crippen LogP contribution in [-0.4, -0.2) is 11.2 Å². The third-order valence-electron chi connectivity index (χ3n) is 7.58. The molecule has 5 saturated carbocycles. The molecule has 0 radical (unpaired) electrons. The second-order valence-electron chi connectivity index (χ2n) is 8.70. The Morgan fingerprint density at radius 2 is 1.55 bits per heavy atom. The summed E-state index contributed by atoms with van der Waals surface area (Å²) in [5.41, 5.74) is 0. The van der Waals surface area contributed by atoms with Crippen molar-refractivity contribution in [1.29, 1.82) is 0 Å². The second-order valence-corrected chi connectivity index (χ2v) is 8.70. The highest BCUT2D eigenvalue weighted by Crippen LogP contribution is 2.58. The van der Waals surface area contributed by atoms with E-state index in [-0.39, 0.29) is 6.10 Å². The molecule has 5 rings (SSSR count). The van der Waals surface area contributed by atoms with Crippen LogP contribution >= 0.6 is 0 Å². The standard InChI is InChI=1S/C19H32O/c1-2-12-4-3-5-15(7-12)19(20)18-16-8-13-6-14(10-16)11-17(18)9-13/h12-20H,2-11H2,1H3. The summed E-state index contributed by atoms with van der Waals surface area (Å²) in [6.07, 6.45) is 14.1. The quantitative estimate of drug-likeness (QED) is 0.796. The molecule has 3 unspecified atom stereocenters. The summed E-state index contributed by atoms with van der Waals surface area (Å²) in [5, 5.41) is 11.1. The summed E-state index contributed by atoms with van der Waals surface area (Å²) in [5.74, 6) is 6.08. The Labute approximate surface area is 124 Å². The average Bonchev–Trinajstić information content (AvgIpc) is 2.46. The van der Waals surface area contributed by atoms with Crippen LogP contribution in [0.5, 0.6) is 0 Å². The number of aliphatic hydroxyl groups excluding tert-OH is 1. The maximum absolute atomic E-state index is 11.1. The first-order valence-corrected chi connectivity index (χ1v) is 9.42. The Bertz CT molecular complexity index is 322. The first kappa shape index (κ1) is 13.6. The summed E-state index contributed by atoms with van der Waals surface area (Å²) in [6.45, 7) is 2.34. The monoisotopic (exact) mass is 276 g/mol. The molecular weight excluding hydrogens is 244 g/mol. The highest BCUT2D eigenvalue weighted by atomic mass is 16.3. The summed E-state index contributed by atoms with van der Waals surface area (Å²) < 4.78 is 0. The van der Waals surface area contributed by atoms with Crippen molar-refractivity contribution in [3.8, 4) is 0 Å². The largest absolute Gasteiger partial charge is 0.393 e. The Kier molecular flexibility index (Phi) is 3.61. The third kappa shape index (κ3) is 2.25. The molecular formula is C19H32O. The van der Waals surface area contributed by atoms with Gasteiger partial charge in [-0.3, -0.25) is 0 Å². The van der Waals surface area contributed by atoms with Crippen molar-refractivity contribution >= 4 is 0 Å². The Morgan fingerprint density at radius 1 is 0.900 bits per heavy atom. The van der Waals surface area contributed by atoms with Crippen LogP contribution in [0.4, 0.5) is 0 Å². The fraction of sp³-hybridized carbons (Fsp3) is 1.00. The molecule has 5 aliphatic carbocycles. The minimum Gasteiger partial charge on any atom is -0.393 e. The number of hydrogen-bond donors (Lipinski definition) is 1. The van der Waals surface area contributed by atoms with Crippen LogP contribution in [0.15, 0.2) is 0 Å². The van der Waals surface area contributed by atoms with Crippen LogP contribution in [-0.2, 0) is 0 Å². The summed E-state index contributed by atoms with van der Waals surface area (Å²) in [6, 6.07) is 0. The predicted molar refractivity (Wildman–Crippen MR) is 82.3 cm³/mol. The molecule has 0 aromatic rings. The lowest BCUT2D eigenvalue weighted by atomic mass is 9.49. The summed E-state index contributed by atoms with van der Waals surface area (Å²) >= 11 is 0. The van der Waals surface area contributed by atoms with Gasteiger partial charge in [-0.15, -0.1) is 0 Å². The normalized spacial score (nSPS) is 52.2. The number of aliphatic hydroxyl groups is 1. The summed E-state index contributed by atoms with van der Waals surface area (Å²) in [7, 11) is 0. The van der Waals surface area contributed by atoms with Gasteiger partial charge in [-0.1, -0.05) is 26.2 Å². The van der Waals surface area contributed by atoms with Gasteiger partial charge < -0.3 is 5.11 Å². The van der Waals surface area contributed by atoms with Crippen molar-refractivity contribution in [3.05, 3.63) is 0 Å². The topological polar surface area (TPSA) is 20.2 Å². The van der Waals surface area contributed by atoms with E-state index >= 15 is 0 Å². The van der Waals surface area contributed by atoms with Gasteiger partial charge in [-0.25, -0.2) is 0 Å². The first-order chi connectivity index (χ1) is 9.74. The highest BCUT2D eigenvalue weighted by molar-refractivity contribution is 5.01. The molecule has 0 aromatic heterocycles. The van der Waals surface area contributed by atoms with E-state index in [9.17, 15) is 5.11 Å². The lowest BCUT2D eigenvalue weighted by Gasteiger charge is -2.56. The fourth-order valence-electron chi connectivity index (χ4n) is 6.85. The highest BCUT2D eigenvalue weighted by Gasteiger charge is 2.51. The van der Waals surface area contributed by atoms with Crippen molar-refractivity contribution < 1.29 is 5.11 Å². The van der Waals surface area contributed by atoms with E-state index in [0.29, 0.717) is 11.8 Å². The van der Waals surface area contributed by atoms with E-state index in [1.807, 2.05) is 0 Å². The smallest absolute Gasteiger partial charge is 0.0601 e. The van der Waals surface area contributed by atoms with Crippen LogP contribution in [0, 0.1) is 41.4 Å². The van der Waals surface area contributed by atoms with Crippen molar-refractivity contribution in [2.24, 2.45) is 41.4 Å². The molecule has 0 aromatic carbocycles. The predicted octanol–water partition coefficient (Wildman–Crippen LogP) is 4.64. The zero-order chi connectivity index (χ0) is 13.7. The van der Waals surface area contributed by atoms with Crippen LogP contribution in [0.1, 0.15) is 71.1 Å². The molecule has 3 atom stereocenters. The molecule has 4 bridgehead atoms. The number of hydrogen-bond acceptors (Lipinski definition) is 1. The van der Waals surface area contributed by atoms with Gasteiger partial charge in [0, 0.05) is 0 Å². The minimum absolute atomic E-state index is 0.0411. The van der Waals surface area contributed by atoms with E-state index in [1.54, 1.807) is 0 Å².